The molecule has 3 atom stereocenters. The van der Waals surface area contributed by atoms with E-state index in [0.29, 0.717) is 24.2 Å². The number of hydrogen-bond acceptors (Lipinski definition) is 6. The second kappa shape index (κ2) is 8.46. The van der Waals surface area contributed by atoms with E-state index in [0.717, 1.165) is 4.90 Å². The van der Waals surface area contributed by atoms with Crippen LogP contribution in [0, 0.1) is 11.8 Å². The van der Waals surface area contributed by atoms with Crippen molar-refractivity contribution in [2.24, 2.45) is 11.8 Å². The van der Waals surface area contributed by atoms with E-state index in [1.807, 2.05) is 12.2 Å². The second-order valence-corrected chi connectivity index (χ2v) is 9.07. The maximum atomic E-state index is 13.2. The van der Waals surface area contributed by atoms with E-state index in [1.165, 1.54) is 11.8 Å². The summed E-state index contributed by atoms with van der Waals surface area (Å²) in [4.78, 5) is 65.8. The molecular weight excluding hydrogens is 426 g/mol. The van der Waals surface area contributed by atoms with E-state index in [1.54, 1.807) is 38.1 Å². The zero-order valence-corrected chi connectivity index (χ0v) is 18.9. The standard InChI is InChI=1S/C24H27N3O6/c1-14(20(29)27-18-11-7-6-10-17(18)25-23(32)24(27,2)3)33-19(28)12-13-26-21(30)15-8-4-5-9-16(15)22(26)31/h4-7,10-11,14-16H,8-9,12-13H2,1-3H3,(H,25,32)/t14-,15-,16+/m1/s1. The van der Waals surface area contributed by atoms with Crippen molar-refractivity contribution in [3.8, 4) is 0 Å². The Morgan fingerprint density at radius 1 is 1.09 bits per heavy atom. The number of benzene rings is 1. The molecule has 0 saturated carbocycles. The molecule has 0 spiro atoms. The largest absolute Gasteiger partial charge is 0.452 e. The summed E-state index contributed by atoms with van der Waals surface area (Å²) >= 11 is 0. The van der Waals surface area contributed by atoms with Gasteiger partial charge in [0.25, 0.3) is 5.91 Å². The highest BCUT2D eigenvalue weighted by Crippen LogP contribution is 2.37. The van der Waals surface area contributed by atoms with Gasteiger partial charge in [0.2, 0.25) is 17.7 Å². The molecule has 4 rings (SSSR count). The number of esters is 1. The SMILES string of the molecule is C[C@@H](OC(=O)CCN1C(=O)[C@H]2CC=CC[C@H]2C1=O)C(=O)N1c2ccccc2NC(=O)C1(C)C. The number of likely N-dealkylation sites (tertiary alicyclic amines) is 1. The molecule has 0 radical (unpaired) electrons. The van der Waals surface area contributed by atoms with Crippen molar-refractivity contribution in [2.45, 2.75) is 51.7 Å². The number of carbonyl (C=O) groups excluding carboxylic acids is 5. The van der Waals surface area contributed by atoms with Gasteiger partial charge < -0.3 is 10.1 Å². The molecule has 33 heavy (non-hydrogen) atoms. The molecular formula is C24H27N3O6. The maximum absolute atomic E-state index is 13.2. The number of ether oxygens (including phenoxy) is 1. The summed E-state index contributed by atoms with van der Waals surface area (Å²) in [5, 5.41) is 2.78. The van der Waals surface area contributed by atoms with Crippen molar-refractivity contribution in [2.75, 3.05) is 16.8 Å². The fraction of sp³-hybridized carbons (Fsp3) is 0.458. The van der Waals surface area contributed by atoms with Crippen LogP contribution in [0.3, 0.4) is 0 Å². The van der Waals surface area contributed by atoms with Crippen LogP contribution >= 0.6 is 0 Å². The van der Waals surface area contributed by atoms with Crippen molar-refractivity contribution < 1.29 is 28.7 Å². The summed E-state index contributed by atoms with van der Waals surface area (Å²) in [7, 11) is 0. The molecule has 0 aromatic heterocycles. The predicted molar refractivity (Wildman–Crippen MR) is 119 cm³/mol. The summed E-state index contributed by atoms with van der Waals surface area (Å²) < 4.78 is 5.33. The second-order valence-electron chi connectivity index (χ2n) is 9.07. The third-order valence-corrected chi connectivity index (χ3v) is 6.52. The van der Waals surface area contributed by atoms with E-state index in [9.17, 15) is 24.0 Å². The number of nitrogens with zero attached hydrogens (tertiary/aromatic N) is 2. The summed E-state index contributed by atoms with van der Waals surface area (Å²) in [5.41, 5.74) is -0.180. The number of imide groups is 1. The van der Waals surface area contributed by atoms with Crippen molar-refractivity contribution in [1.82, 2.24) is 4.90 Å². The third-order valence-electron chi connectivity index (χ3n) is 6.52. The van der Waals surface area contributed by atoms with Crippen LogP contribution in [0.2, 0.25) is 0 Å². The molecule has 1 fully saturated rings. The quantitative estimate of drug-likeness (QED) is 0.415. The Labute approximate surface area is 191 Å². The first-order chi connectivity index (χ1) is 15.6. The van der Waals surface area contributed by atoms with E-state index < -0.39 is 23.5 Å². The number of fused-ring (bicyclic) bond motifs is 2. The number of amides is 4. The lowest BCUT2D eigenvalue weighted by molar-refractivity contribution is -0.155. The van der Waals surface area contributed by atoms with Crippen LogP contribution in [0.4, 0.5) is 11.4 Å². The van der Waals surface area contributed by atoms with Gasteiger partial charge in [-0.1, -0.05) is 24.3 Å². The van der Waals surface area contributed by atoms with Crippen LogP contribution in [0.15, 0.2) is 36.4 Å². The topological polar surface area (TPSA) is 113 Å². The van der Waals surface area contributed by atoms with Gasteiger partial charge in [-0.15, -0.1) is 0 Å². The predicted octanol–water partition coefficient (Wildman–Crippen LogP) is 2.02. The van der Waals surface area contributed by atoms with Gasteiger partial charge in [-0.25, -0.2) is 0 Å². The van der Waals surface area contributed by atoms with E-state index in [-0.39, 0.29) is 42.5 Å². The molecule has 9 nitrogen and oxygen atoms in total. The molecule has 1 aromatic carbocycles. The molecule has 1 saturated heterocycles. The van der Waals surface area contributed by atoms with Gasteiger partial charge in [-0.2, -0.15) is 0 Å². The van der Waals surface area contributed by atoms with Gasteiger partial charge in [0.05, 0.1) is 29.6 Å². The van der Waals surface area contributed by atoms with Gasteiger partial charge in [0.1, 0.15) is 5.54 Å². The van der Waals surface area contributed by atoms with E-state index in [4.69, 9.17) is 4.74 Å². The van der Waals surface area contributed by atoms with Crippen LogP contribution in [-0.4, -0.2) is 52.7 Å². The third kappa shape index (κ3) is 3.92. The molecule has 9 heteroatoms. The zero-order valence-electron chi connectivity index (χ0n) is 18.9. The van der Waals surface area contributed by atoms with Crippen molar-refractivity contribution in [3.63, 3.8) is 0 Å². The Hall–Kier alpha value is -3.49. The highest BCUT2D eigenvalue weighted by molar-refractivity contribution is 6.15. The smallest absolute Gasteiger partial charge is 0.308 e. The number of nitrogens with one attached hydrogen (secondary N) is 1. The first-order valence-electron chi connectivity index (χ1n) is 11.1. The minimum absolute atomic E-state index is 0.0785. The summed E-state index contributed by atoms with van der Waals surface area (Å²) in [6.07, 6.45) is 3.50. The Balaban J connectivity index is 1.40. The van der Waals surface area contributed by atoms with Crippen LogP contribution in [0.1, 0.15) is 40.0 Å². The van der Waals surface area contributed by atoms with E-state index >= 15 is 0 Å². The van der Waals surface area contributed by atoms with E-state index in [2.05, 4.69) is 5.32 Å². The average molecular weight is 453 g/mol. The fourth-order valence-corrected chi connectivity index (χ4v) is 4.63. The Bertz CT molecular complexity index is 1040. The highest BCUT2D eigenvalue weighted by Gasteiger charge is 2.47. The molecule has 4 amide bonds. The zero-order chi connectivity index (χ0) is 23.9. The number of para-hydroxylation sites is 2. The first kappa shape index (κ1) is 22.7. The lowest BCUT2D eigenvalue weighted by Crippen LogP contribution is -2.60. The number of hydrogen-bond donors (Lipinski definition) is 1. The lowest BCUT2D eigenvalue weighted by atomic mass is 9.85. The van der Waals surface area contributed by atoms with Gasteiger partial charge in [0.15, 0.2) is 6.10 Å². The fourth-order valence-electron chi connectivity index (χ4n) is 4.63. The number of rotatable bonds is 5. The molecule has 0 bridgehead atoms. The molecule has 1 aromatic rings. The molecule has 174 valence electrons. The monoisotopic (exact) mass is 453 g/mol. The Morgan fingerprint density at radius 3 is 2.33 bits per heavy atom. The minimum Gasteiger partial charge on any atom is -0.452 e. The lowest BCUT2D eigenvalue weighted by Gasteiger charge is -2.42. The molecule has 2 heterocycles. The summed E-state index contributed by atoms with van der Waals surface area (Å²) in [6, 6.07) is 6.90. The first-order valence-corrected chi connectivity index (χ1v) is 11.1. The molecule has 1 aliphatic carbocycles. The van der Waals surface area contributed by atoms with Gasteiger partial charge >= 0.3 is 5.97 Å². The molecule has 1 N–H and O–H groups in total. The highest BCUT2D eigenvalue weighted by atomic mass is 16.5. The van der Waals surface area contributed by atoms with Crippen LogP contribution in [0.25, 0.3) is 0 Å². The van der Waals surface area contributed by atoms with Crippen LogP contribution in [0.5, 0.6) is 0 Å². The molecule has 2 aliphatic heterocycles. The minimum atomic E-state index is -1.19. The van der Waals surface area contributed by atoms with Crippen molar-refractivity contribution in [1.29, 1.82) is 0 Å². The summed E-state index contributed by atoms with van der Waals surface area (Å²) in [6.45, 7) is 4.59. The number of anilines is 2. The van der Waals surface area contributed by atoms with Crippen LogP contribution in [-0.2, 0) is 28.7 Å². The van der Waals surface area contributed by atoms with Crippen LogP contribution < -0.4 is 10.2 Å². The molecule has 3 aliphatic rings. The Kier molecular flexibility index (Phi) is 5.82. The Morgan fingerprint density at radius 2 is 1.70 bits per heavy atom. The maximum Gasteiger partial charge on any atom is 0.308 e. The number of carbonyl (C=O) groups is 5. The van der Waals surface area contributed by atoms with Gasteiger partial charge in [0, 0.05) is 6.54 Å². The normalized spacial score (nSPS) is 24.2. The van der Waals surface area contributed by atoms with Crippen molar-refractivity contribution >= 4 is 41.0 Å². The van der Waals surface area contributed by atoms with Crippen molar-refractivity contribution in [3.05, 3.63) is 36.4 Å². The molecule has 0 unspecified atom stereocenters. The summed E-state index contributed by atoms with van der Waals surface area (Å²) in [5.74, 6) is -2.82. The van der Waals surface area contributed by atoms with Gasteiger partial charge in [-0.3, -0.25) is 33.8 Å². The average Bonchev–Trinajstić information content (AvgIpc) is 3.02. The number of allylic oxidation sites excluding steroid dienone is 2. The van der Waals surface area contributed by atoms with Gasteiger partial charge in [-0.05, 0) is 45.7 Å².